The van der Waals surface area contributed by atoms with Crippen LogP contribution in [0.25, 0.3) is 11.0 Å². The van der Waals surface area contributed by atoms with Gasteiger partial charge < -0.3 is 9.15 Å². The molecule has 26 heavy (non-hydrogen) atoms. The SMILES string of the molecule is Cc1cc2oc(=O)cc(COC(=O)c3ccc(S(C)=O)cc3)c2cc1C. The normalized spacial score (nSPS) is 12.1. The molecule has 1 aromatic heterocycles. The van der Waals surface area contributed by atoms with Crippen LogP contribution in [-0.4, -0.2) is 16.4 Å². The van der Waals surface area contributed by atoms with Crippen LogP contribution >= 0.6 is 0 Å². The number of rotatable bonds is 4. The van der Waals surface area contributed by atoms with E-state index in [9.17, 15) is 13.8 Å². The van der Waals surface area contributed by atoms with E-state index >= 15 is 0 Å². The predicted octanol–water partition coefficient (Wildman–Crippen LogP) is 3.50. The Morgan fingerprint density at radius 2 is 1.73 bits per heavy atom. The summed E-state index contributed by atoms with van der Waals surface area (Å²) in [4.78, 5) is 24.7. The van der Waals surface area contributed by atoms with Gasteiger partial charge in [-0.2, -0.15) is 0 Å². The minimum atomic E-state index is -1.10. The van der Waals surface area contributed by atoms with Crippen LogP contribution in [0.1, 0.15) is 27.0 Å². The third kappa shape index (κ3) is 3.75. The van der Waals surface area contributed by atoms with Gasteiger partial charge in [-0.1, -0.05) is 0 Å². The molecule has 0 aliphatic rings. The molecule has 0 N–H and O–H groups in total. The predicted molar refractivity (Wildman–Crippen MR) is 99.9 cm³/mol. The van der Waals surface area contributed by atoms with E-state index in [4.69, 9.17) is 9.15 Å². The zero-order valence-electron chi connectivity index (χ0n) is 14.7. The first-order chi connectivity index (χ1) is 12.3. The summed E-state index contributed by atoms with van der Waals surface area (Å²) < 4.78 is 22.0. The summed E-state index contributed by atoms with van der Waals surface area (Å²) in [5, 5.41) is 0.747. The Hall–Kier alpha value is -2.73. The summed E-state index contributed by atoms with van der Waals surface area (Å²) in [5.74, 6) is -0.511. The molecule has 0 aliphatic carbocycles. The topological polar surface area (TPSA) is 73.6 Å². The standard InChI is InChI=1S/C20H18O5S/c1-12-8-17-15(10-19(21)25-18(17)9-13(12)2)11-24-20(22)14-4-6-16(7-5-14)26(3)23/h4-10H,11H2,1-3H3. The van der Waals surface area contributed by atoms with E-state index in [2.05, 4.69) is 0 Å². The van der Waals surface area contributed by atoms with Crippen molar-refractivity contribution in [2.75, 3.05) is 6.26 Å². The van der Waals surface area contributed by atoms with Gasteiger partial charge in [-0.15, -0.1) is 0 Å². The van der Waals surface area contributed by atoms with Gasteiger partial charge in [0.05, 0.1) is 5.56 Å². The molecule has 2 aromatic carbocycles. The van der Waals surface area contributed by atoms with Gasteiger partial charge in [0.1, 0.15) is 12.2 Å². The van der Waals surface area contributed by atoms with Crippen LogP contribution in [0.5, 0.6) is 0 Å². The van der Waals surface area contributed by atoms with Gasteiger partial charge in [-0.3, -0.25) is 4.21 Å². The molecule has 0 aliphatic heterocycles. The lowest BCUT2D eigenvalue weighted by atomic mass is 10.0. The lowest BCUT2D eigenvalue weighted by Gasteiger charge is -2.09. The molecular formula is C20H18O5S. The summed E-state index contributed by atoms with van der Waals surface area (Å²) >= 11 is 0. The second kappa shape index (κ2) is 7.25. The van der Waals surface area contributed by atoms with Crippen LogP contribution in [0.2, 0.25) is 0 Å². The molecule has 5 nitrogen and oxygen atoms in total. The number of ether oxygens (including phenoxy) is 1. The number of esters is 1. The molecule has 0 spiro atoms. The van der Waals surface area contributed by atoms with E-state index in [1.807, 2.05) is 19.9 Å². The number of benzene rings is 2. The average molecular weight is 370 g/mol. The zero-order valence-corrected chi connectivity index (χ0v) is 15.5. The highest BCUT2D eigenvalue weighted by atomic mass is 32.2. The maximum absolute atomic E-state index is 12.2. The lowest BCUT2D eigenvalue weighted by molar-refractivity contribution is 0.0473. The fraction of sp³-hybridized carbons (Fsp3) is 0.200. The number of aryl methyl sites for hydroxylation is 2. The average Bonchev–Trinajstić information content (AvgIpc) is 2.61. The number of carbonyl (C=O) groups is 1. The summed E-state index contributed by atoms with van der Waals surface area (Å²) in [5.41, 5.74) is 3.02. The van der Waals surface area contributed by atoms with Crippen molar-refractivity contribution in [3.05, 3.63) is 75.1 Å². The molecule has 1 heterocycles. The molecule has 0 saturated carbocycles. The largest absolute Gasteiger partial charge is 0.457 e. The third-order valence-electron chi connectivity index (χ3n) is 4.23. The smallest absolute Gasteiger partial charge is 0.338 e. The minimum Gasteiger partial charge on any atom is -0.457 e. The minimum absolute atomic E-state index is 0.0368. The Morgan fingerprint density at radius 1 is 1.08 bits per heavy atom. The van der Waals surface area contributed by atoms with Crippen molar-refractivity contribution in [1.82, 2.24) is 0 Å². The van der Waals surface area contributed by atoms with Crippen molar-refractivity contribution in [1.29, 1.82) is 0 Å². The molecule has 0 radical (unpaired) electrons. The van der Waals surface area contributed by atoms with Crippen molar-refractivity contribution in [2.45, 2.75) is 25.3 Å². The first-order valence-corrected chi connectivity index (χ1v) is 9.55. The maximum Gasteiger partial charge on any atom is 0.338 e. The highest BCUT2D eigenvalue weighted by Gasteiger charge is 2.12. The fourth-order valence-electron chi connectivity index (χ4n) is 2.61. The van der Waals surface area contributed by atoms with Crippen LogP contribution in [0, 0.1) is 13.8 Å². The van der Waals surface area contributed by atoms with E-state index in [-0.39, 0.29) is 6.61 Å². The van der Waals surface area contributed by atoms with Crippen molar-refractivity contribution < 1.29 is 18.2 Å². The number of hydrogen-bond acceptors (Lipinski definition) is 5. The highest BCUT2D eigenvalue weighted by Crippen LogP contribution is 2.22. The van der Waals surface area contributed by atoms with Crippen molar-refractivity contribution in [3.8, 4) is 0 Å². The molecule has 3 aromatic rings. The van der Waals surface area contributed by atoms with E-state index < -0.39 is 22.4 Å². The van der Waals surface area contributed by atoms with E-state index in [0.29, 0.717) is 21.6 Å². The monoisotopic (exact) mass is 370 g/mol. The second-order valence-corrected chi connectivity index (χ2v) is 7.46. The van der Waals surface area contributed by atoms with Gasteiger partial charge >= 0.3 is 11.6 Å². The van der Waals surface area contributed by atoms with Crippen molar-refractivity contribution in [3.63, 3.8) is 0 Å². The number of hydrogen-bond donors (Lipinski definition) is 0. The van der Waals surface area contributed by atoms with Crippen LogP contribution in [0.4, 0.5) is 0 Å². The molecule has 0 amide bonds. The molecule has 1 atom stereocenters. The van der Waals surface area contributed by atoms with Gasteiger partial charge in [0, 0.05) is 39.0 Å². The Kier molecular flexibility index (Phi) is 5.04. The molecule has 0 saturated heterocycles. The molecular weight excluding hydrogens is 352 g/mol. The number of fused-ring (bicyclic) bond motifs is 1. The Bertz CT molecular complexity index is 1060. The molecule has 3 rings (SSSR count). The molecule has 6 heteroatoms. The summed E-state index contributed by atoms with van der Waals surface area (Å²) in [6, 6.07) is 11.5. The molecule has 134 valence electrons. The van der Waals surface area contributed by atoms with Crippen LogP contribution in [0.15, 0.2) is 56.6 Å². The Labute approximate surface area is 153 Å². The van der Waals surface area contributed by atoms with E-state index in [1.54, 1.807) is 36.6 Å². The van der Waals surface area contributed by atoms with Gasteiger partial charge in [-0.05, 0) is 61.4 Å². The number of carbonyl (C=O) groups excluding carboxylic acids is 1. The van der Waals surface area contributed by atoms with Gasteiger partial charge in [0.15, 0.2) is 0 Å². The quantitative estimate of drug-likeness (QED) is 0.519. The Morgan fingerprint density at radius 3 is 2.38 bits per heavy atom. The first-order valence-electron chi connectivity index (χ1n) is 8.00. The van der Waals surface area contributed by atoms with Crippen molar-refractivity contribution >= 4 is 27.7 Å². The van der Waals surface area contributed by atoms with Crippen LogP contribution < -0.4 is 5.63 Å². The molecule has 0 fully saturated rings. The Balaban J connectivity index is 1.85. The first kappa shape index (κ1) is 18.1. The van der Waals surface area contributed by atoms with Gasteiger partial charge in [0.2, 0.25) is 0 Å². The highest BCUT2D eigenvalue weighted by molar-refractivity contribution is 7.84. The summed E-state index contributed by atoms with van der Waals surface area (Å²) in [7, 11) is -1.10. The van der Waals surface area contributed by atoms with Gasteiger partial charge in [-0.25, -0.2) is 9.59 Å². The van der Waals surface area contributed by atoms with Crippen LogP contribution in [-0.2, 0) is 22.1 Å². The van der Waals surface area contributed by atoms with E-state index in [0.717, 1.165) is 16.5 Å². The second-order valence-electron chi connectivity index (χ2n) is 6.08. The maximum atomic E-state index is 12.2. The molecule has 1 unspecified atom stereocenters. The zero-order chi connectivity index (χ0) is 18.8. The van der Waals surface area contributed by atoms with Gasteiger partial charge in [0.25, 0.3) is 0 Å². The summed E-state index contributed by atoms with van der Waals surface area (Å²) in [6.07, 6.45) is 1.57. The van der Waals surface area contributed by atoms with Crippen molar-refractivity contribution in [2.24, 2.45) is 0 Å². The lowest BCUT2D eigenvalue weighted by Crippen LogP contribution is -2.08. The third-order valence-corrected chi connectivity index (χ3v) is 5.16. The van der Waals surface area contributed by atoms with E-state index in [1.165, 1.54) is 6.07 Å². The van der Waals surface area contributed by atoms with Crippen LogP contribution in [0.3, 0.4) is 0 Å². The summed E-state index contributed by atoms with van der Waals surface area (Å²) in [6.45, 7) is 3.87. The fourth-order valence-corrected chi connectivity index (χ4v) is 3.13. The molecule has 0 bridgehead atoms.